The highest BCUT2D eigenvalue weighted by Gasteiger charge is 2.25. The van der Waals surface area contributed by atoms with Crippen LogP contribution in [0.4, 0.5) is 4.79 Å². The Morgan fingerprint density at radius 3 is 2.22 bits per heavy atom. The number of nitrogens with one attached hydrogen (secondary N) is 1. The molecule has 1 rings (SSSR count). The number of alkyl carbamates (subject to hydrolysis) is 1. The van der Waals surface area contributed by atoms with Crippen LogP contribution in [0.3, 0.4) is 0 Å². The smallest absolute Gasteiger partial charge is 0.408 e. The van der Waals surface area contributed by atoms with Crippen LogP contribution in [0.5, 0.6) is 0 Å². The molecule has 0 aromatic rings. The van der Waals surface area contributed by atoms with E-state index < -0.39 is 17.7 Å². The van der Waals surface area contributed by atoms with Crippen LogP contribution in [0, 0.1) is 0 Å². The van der Waals surface area contributed by atoms with Gasteiger partial charge in [0.15, 0.2) is 0 Å². The molecule has 136 valence electrons. The molecule has 0 aromatic carbocycles. The van der Waals surface area contributed by atoms with Crippen LogP contribution in [0.25, 0.3) is 0 Å². The van der Waals surface area contributed by atoms with Crippen molar-refractivity contribution in [3.8, 4) is 0 Å². The summed E-state index contributed by atoms with van der Waals surface area (Å²) in [4.78, 5) is 25.4. The van der Waals surface area contributed by atoms with Crippen LogP contribution >= 0.6 is 30.4 Å². The molecule has 1 N–H and O–H groups in total. The fourth-order valence-electron chi connectivity index (χ4n) is 1.98. The average molecular weight is 460 g/mol. The zero-order valence-electron chi connectivity index (χ0n) is 14.7. The Morgan fingerprint density at radius 2 is 1.83 bits per heavy atom. The lowest BCUT2D eigenvalue weighted by Crippen LogP contribution is -2.49. The second kappa shape index (κ2) is 12.2. The van der Waals surface area contributed by atoms with Gasteiger partial charge in [-0.2, -0.15) is 0 Å². The number of carbonyl (C=O) groups excluding carboxylic acids is 2. The highest BCUT2D eigenvalue weighted by Crippen LogP contribution is 2.11. The largest absolute Gasteiger partial charge is 0.444 e. The maximum absolute atomic E-state index is 12.1. The van der Waals surface area contributed by atoms with Crippen molar-refractivity contribution < 1.29 is 18.5 Å². The molecule has 1 saturated heterocycles. The second-order valence-electron chi connectivity index (χ2n) is 6.22. The fourth-order valence-corrected chi connectivity index (χ4v) is 2.83. The molecular weight excluding hydrogens is 431 g/mol. The lowest BCUT2D eigenvalue weighted by Gasteiger charge is -2.29. The van der Waals surface area contributed by atoms with Gasteiger partial charge in [-0.1, -0.05) is 0 Å². The number of piperidine rings is 1. The van der Waals surface area contributed by atoms with E-state index in [9.17, 15) is 9.59 Å². The predicted octanol–water partition coefficient (Wildman–Crippen LogP) is 3.93. The van der Waals surface area contributed by atoms with E-state index in [1.807, 2.05) is 11.8 Å². The van der Waals surface area contributed by atoms with E-state index in [1.165, 1.54) is 15.6 Å². The van der Waals surface area contributed by atoms with Gasteiger partial charge in [-0.25, -0.2) is 4.79 Å². The van der Waals surface area contributed by atoms with E-state index in [0.29, 0.717) is 0 Å². The number of hydrogen-bond donors (Lipinski definition) is 1. The summed E-state index contributed by atoms with van der Waals surface area (Å²) in [6.07, 6.45) is 2.73. The number of nitrogens with zero attached hydrogens (tertiary/aromatic N) is 1. The number of hydrogen-bond acceptors (Lipinski definition) is 5. The van der Waals surface area contributed by atoms with E-state index >= 15 is 0 Å². The van der Waals surface area contributed by atoms with Crippen LogP contribution < -0.4 is 5.32 Å². The zero-order valence-corrected chi connectivity index (χ0v) is 17.7. The standard InChI is InChI=1S/C13H24N2O3.C2H5IOS/c1-10(14-12(17)18-13(2,3)4)11(16)15-8-6-5-7-9-15;1-2-4-5-3/h10H,5-9H2,1-4H3,(H,14,17);2H2,1H3. The monoisotopic (exact) mass is 460 g/mol. The molecule has 0 saturated carbocycles. The number of carbonyl (C=O) groups is 2. The molecule has 1 unspecified atom stereocenters. The summed E-state index contributed by atoms with van der Waals surface area (Å²) >= 11 is 2.08. The van der Waals surface area contributed by atoms with E-state index in [2.05, 4.69) is 26.5 Å². The van der Waals surface area contributed by atoms with Gasteiger partial charge < -0.3 is 19.1 Å². The Labute approximate surface area is 156 Å². The van der Waals surface area contributed by atoms with Crippen LogP contribution in [0.15, 0.2) is 0 Å². The predicted molar refractivity (Wildman–Crippen MR) is 102 cm³/mol. The fraction of sp³-hybridized carbons (Fsp3) is 0.867. The van der Waals surface area contributed by atoms with E-state index in [0.717, 1.165) is 32.5 Å². The van der Waals surface area contributed by atoms with E-state index in [4.69, 9.17) is 8.92 Å². The lowest BCUT2D eigenvalue weighted by atomic mass is 10.1. The van der Waals surface area contributed by atoms with Crippen molar-refractivity contribution in [3.63, 3.8) is 0 Å². The summed E-state index contributed by atoms with van der Waals surface area (Å²) in [6.45, 7) is 11.4. The maximum atomic E-state index is 12.1. The maximum Gasteiger partial charge on any atom is 0.408 e. The van der Waals surface area contributed by atoms with Crippen molar-refractivity contribution in [3.05, 3.63) is 0 Å². The Morgan fingerprint density at radius 1 is 1.26 bits per heavy atom. The van der Waals surface area contributed by atoms with Gasteiger partial charge in [0.25, 0.3) is 0 Å². The van der Waals surface area contributed by atoms with Gasteiger partial charge in [0.2, 0.25) is 5.91 Å². The number of likely N-dealkylation sites (tertiary alicyclic amines) is 1. The minimum atomic E-state index is -0.544. The molecule has 0 bridgehead atoms. The average Bonchev–Trinajstić information content (AvgIpc) is 2.46. The topological polar surface area (TPSA) is 67.9 Å². The first-order valence-electron chi connectivity index (χ1n) is 7.89. The number of halogens is 1. The molecular formula is C15H29IN2O4S. The van der Waals surface area contributed by atoms with Gasteiger partial charge in [-0.15, -0.1) is 0 Å². The zero-order chi connectivity index (χ0) is 17.9. The molecule has 1 fully saturated rings. The Balaban J connectivity index is 0.000000841. The molecule has 0 spiro atoms. The van der Waals surface area contributed by atoms with Crippen molar-refractivity contribution in [1.29, 1.82) is 0 Å². The van der Waals surface area contributed by atoms with Crippen molar-refractivity contribution in [2.75, 3.05) is 19.7 Å². The van der Waals surface area contributed by atoms with Crippen molar-refractivity contribution in [2.45, 2.75) is 65.5 Å². The molecule has 2 amide bonds. The van der Waals surface area contributed by atoms with Gasteiger partial charge in [0.1, 0.15) is 11.6 Å². The van der Waals surface area contributed by atoms with Crippen LogP contribution in [-0.4, -0.2) is 48.2 Å². The van der Waals surface area contributed by atoms with Gasteiger partial charge >= 0.3 is 6.09 Å². The number of amides is 2. The van der Waals surface area contributed by atoms with Gasteiger partial charge in [0, 0.05) is 34.3 Å². The van der Waals surface area contributed by atoms with Crippen LogP contribution in [0.2, 0.25) is 0 Å². The third-order valence-corrected chi connectivity index (χ3v) is 4.02. The Kier molecular flexibility index (Phi) is 12.1. The van der Waals surface area contributed by atoms with E-state index in [1.54, 1.807) is 27.7 Å². The second-order valence-corrected chi connectivity index (χ2v) is 7.66. The van der Waals surface area contributed by atoms with Crippen molar-refractivity contribution in [1.82, 2.24) is 10.2 Å². The van der Waals surface area contributed by atoms with Crippen molar-refractivity contribution in [2.24, 2.45) is 0 Å². The first-order chi connectivity index (χ1) is 10.7. The highest BCUT2D eigenvalue weighted by atomic mass is 127. The summed E-state index contributed by atoms with van der Waals surface area (Å²) in [5, 5.41) is 2.58. The van der Waals surface area contributed by atoms with E-state index in [-0.39, 0.29) is 5.91 Å². The first kappa shape index (κ1) is 22.8. The van der Waals surface area contributed by atoms with Gasteiger partial charge in [0.05, 0.1) is 15.8 Å². The van der Waals surface area contributed by atoms with Crippen LogP contribution in [0.1, 0.15) is 53.9 Å². The minimum Gasteiger partial charge on any atom is -0.444 e. The quantitative estimate of drug-likeness (QED) is 0.509. The van der Waals surface area contributed by atoms with Gasteiger partial charge in [-0.3, -0.25) is 4.79 Å². The summed E-state index contributed by atoms with van der Waals surface area (Å²) < 4.78 is 9.86. The molecule has 0 radical (unpaired) electrons. The molecule has 0 aromatic heterocycles. The molecule has 23 heavy (non-hydrogen) atoms. The summed E-state index contributed by atoms with van der Waals surface area (Å²) in [7, 11) is 1.37. The molecule has 8 heteroatoms. The number of ether oxygens (including phenoxy) is 1. The molecule has 1 heterocycles. The van der Waals surface area contributed by atoms with Gasteiger partial charge in [-0.05, 0) is 53.9 Å². The molecule has 1 aliphatic heterocycles. The summed E-state index contributed by atoms with van der Waals surface area (Å²) in [5.74, 6) is -0.0273. The Bertz CT molecular complexity index is 356. The Hall–Kier alpha value is -0.220. The highest BCUT2D eigenvalue weighted by molar-refractivity contribution is 14.2. The summed E-state index contributed by atoms with van der Waals surface area (Å²) in [6, 6.07) is -0.530. The molecule has 1 aliphatic rings. The summed E-state index contributed by atoms with van der Waals surface area (Å²) in [5.41, 5.74) is -0.544. The molecule has 6 nitrogen and oxygen atoms in total. The molecule has 0 aliphatic carbocycles. The first-order valence-corrected chi connectivity index (χ1v) is 11.2. The SMILES string of the molecule is CC(NC(=O)OC(C)(C)C)C(=O)N1CCCCC1.CCOSI. The third kappa shape index (κ3) is 11.9. The molecule has 1 atom stereocenters. The lowest BCUT2D eigenvalue weighted by molar-refractivity contribution is -0.133. The van der Waals surface area contributed by atoms with Crippen LogP contribution in [-0.2, 0) is 13.7 Å². The normalized spacial score (nSPS) is 16.0. The van der Waals surface area contributed by atoms with Crippen molar-refractivity contribution >= 4 is 42.4 Å². The third-order valence-electron chi connectivity index (χ3n) is 2.93. The minimum absolute atomic E-state index is 0.0273. The number of rotatable bonds is 4.